The van der Waals surface area contributed by atoms with Crippen LogP contribution in [0.5, 0.6) is 0 Å². The largest absolute Gasteiger partial charge is 0.335 e. The number of nitrogens with one attached hydrogen (secondary N) is 1. The molecule has 0 saturated carbocycles. The summed E-state index contributed by atoms with van der Waals surface area (Å²) in [6.07, 6.45) is 0. The van der Waals surface area contributed by atoms with Crippen LogP contribution in [-0.2, 0) is 15.0 Å². The van der Waals surface area contributed by atoms with Gasteiger partial charge in [0.25, 0.3) is 0 Å². The van der Waals surface area contributed by atoms with Crippen LogP contribution in [0.2, 0.25) is 0 Å². The van der Waals surface area contributed by atoms with Crippen molar-refractivity contribution >= 4 is 21.8 Å². The summed E-state index contributed by atoms with van der Waals surface area (Å²) in [5.74, 6) is -3.68. The van der Waals surface area contributed by atoms with Gasteiger partial charge in [0.2, 0.25) is 5.91 Å². The molecule has 0 radical (unpaired) electrons. The van der Waals surface area contributed by atoms with Crippen LogP contribution in [0.1, 0.15) is 6.92 Å². The molecule has 0 saturated heterocycles. The van der Waals surface area contributed by atoms with E-state index in [-0.39, 0.29) is 0 Å². The molecule has 0 aromatic heterocycles. The average molecular weight is 253 g/mol. The number of anilines is 1. The Bertz CT molecular complexity index is 542. The molecular formula is C8H6F3NO3S. The molecule has 0 bridgehead atoms. The Morgan fingerprint density at radius 2 is 1.88 bits per heavy atom. The molecule has 8 heteroatoms. The summed E-state index contributed by atoms with van der Waals surface area (Å²) in [5, 5.41) is 1.73. The van der Waals surface area contributed by atoms with Gasteiger partial charge < -0.3 is 5.32 Å². The van der Waals surface area contributed by atoms with Gasteiger partial charge in [-0.2, -0.15) is 8.42 Å². The molecule has 0 heterocycles. The molecule has 1 aromatic rings. The zero-order valence-electron chi connectivity index (χ0n) is 7.92. The molecule has 16 heavy (non-hydrogen) atoms. The van der Waals surface area contributed by atoms with E-state index in [1.807, 2.05) is 0 Å². The number of hydrogen-bond acceptors (Lipinski definition) is 3. The molecule has 0 aliphatic rings. The topological polar surface area (TPSA) is 63.2 Å². The summed E-state index contributed by atoms with van der Waals surface area (Å²) in [6, 6.07) is 0.978. The monoisotopic (exact) mass is 253 g/mol. The SMILES string of the molecule is CC(=O)Nc1c(F)ccc(S(=O)(=O)F)c1F. The zero-order valence-corrected chi connectivity index (χ0v) is 8.74. The molecule has 4 nitrogen and oxygen atoms in total. The number of benzene rings is 1. The first-order valence-electron chi connectivity index (χ1n) is 3.93. The highest BCUT2D eigenvalue weighted by Gasteiger charge is 2.23. The van der Waals surface area contributed by atoms with E-state index in [9.17, 15) is 25.9 Å². The quantitative estimate of drug-likeness (QED) is 0.814. The second-order valence-electron chi connectivity index (χ2n) is 2.85. The van der Waals surface area contributed by atoms with E-state index in [1.165, 1.54) is 0 Å². The van der Waals surface area contributed by atoms with Crippen molar-refractivity contribution < 1.29 is 25.9 Å². The normalized spacial score (nSPS) is 11.2. The summed E-state index contributed by atoms with van der Waals surface area (Å²) >= 11 is 0. The fourth-order valence-corrected chi connectivity index (χ4v) is 1.56. The van der Waals surface area contributed by atoms with Crippen molar-refractivity contribution in [2.24, 2.45) is 0 Å². The highest BCUT2D eigenvalue weighted by molar-refractivity contribution is 7.86. The third-order valence-corrected chi connectivity index (χ3v) is 2.46. The minimum Gasteiger partial charge on any atom is -0.321 e. The van der Waals surface area contributed by atoms with Gasteiger partial charge in [-0.15, -0.1) is 3.89 Å². The van der Waals surface area contributed by atoms with Crippen molar-refractivity contribution in [3.8, 4) is 0 Å². The van der Waals surface area contributed by atoms with Crippen molar-refractivity contribution in [3.63, 3.8) is 0 Å². The van der Waals surface area contributed by atoms with Gasteiger partial charge >= 0.3 is 10.2 Å². The molecule has 88 valence electrons. The van der Waals surface area contributed by atoms with Gasteiger partial charge in [0, 0.05) is 6.92 Å². The maximum absolute atomic E-state index is 13.3. The highest BCUT2D eigenvalue weighted by Crippen LogP contribution is 2.26. The molecule has 0 atom stereocenters. The molecule has 1 amide bonds. The Balaban J connectivity index is 3.44. The lowest BCUT2D eigenvalue weighted by Crippen LogP contribution is -2.11. The lowest BCUT2D eigenvalue weighted by atomic mass is 10.3. The second kappa shape index (κ2) is 4.12. The van der Waals surface area contributed by atoms with Gasteiger partial charge in [0.15, 0.2) is 5.82 Å². The molecule has 0 unspecified atom stereocenters. The molecule has 0 spiro atoms. The Kier molecular flexibility index (Phi) is 3.22. The average Bonchev–Trinajstić information content (AvgIpc) is 2.09. The van der Waals surface area contributed by atoms with E-state index < -0.39 is 38.3 Å². The summed E-state index contributed by atoms with van der Waals surface area (Å²) in [6.45, 7) is 0.968. The Morgan fingerprint density at radius 3 is 2.31 bits per heavy atom. The predicted octanol–water partition coefficient (Wildman–Crippen LogP) is 1.58. The standard InChI is InChI=1S/C8H6F3NO3S/c1-4(13)12-8-5(9)2-3-6(7(8)10)16(11,14)15/h2-3H,1H3,(H,12,13). The Labute approximate surface area is 89.3 Å². The molecule has 0 fully saturated rings. The van der Waals surface area contributed by atoms with Crippen molar-refractivity contribution in [2.75, 3.05) is 5.32 Å². The lowest BCUT2D eigenvalue weighted by molar-refractivity contribution is -0.114. The number of amides is 1. The van der Waals surface area contributed by atoms with Crippen LogP contribution in [0.4, 0.5) is 18.4 Å². The Hall–Kier alpha value is -1.57. The second-order valence-corrected chi connectivity index (χ2v) is 4.17. The number of halogens is 3. The van der Waals surface area contributed by atoms with Crippen LogP contribution in [0.3, 0.4) is 0 Å². The molecule has 1 N–H and O–H groups in total. The molecule has 1 aromatic carbocycles. The highest BCUT2D eigenvalue weighted by atomic mass is 32.3. The van der Waals surface area contributed by atoms with Crippen molar-refractivity contribution in [1.82, 2.24) is 0 Å². The first-order valence-corrected chi connectivity index (χ1v) is 5.32. The van der Waals surface area contributed by atoms with Crippen LogP contribution in [-0.4, -0.2) is 14.3 Å². The minimum atomic E-state index is -5.30. The summed E-state index contributed by atoms with van der Waals surface area (Å²) in [5.41, 5.74) is -0.994. The number of hydrogen-bond donors (Lipinski definition) is 1. The van der Waals surface area contributed by atoms with Gasteiger partial charge in [-0.25, -0.2) is 8.78 Å². The first-order chi connectivity index (χ1) is 7.23. The molecule has 0 aliphatic heterocycles. The van der Waals surface area contributed by atoms with Gasteiger partial charge in [0.1, 0.15) is 16.4 Å². The lowest BCUT2D eigenvalue weighted by Gasteiger charge is -2.07. The third-order valence-electron chi connectivity index (χ3n) is 1.62. The number of carbonyl (C=O) groups excluding carboxylic acids is 1. The van der Waals surface area contributed by atoms with Crippen molar-refractivity contribution in [3.05, 3.63) is 23.8 Å². The van der Waals surface area contributed by atoms with Gasteiger partial charge in [-0.3, -0.25) is 4.79 Å². The maximum atomic E-state index is 13.3. The van der Waals surface area contributed by atoms with E-state index >= 15 is 0 Å². The fourth-order valence-electron chi connectivity index (χ4n) is 1.01. The maximum Gasteiger partial charge on any atom is 0.335 e. The summed E-state index contributed by atoms with van der Waals surface area (Å²) in [4.78, 5) is 9.27. The van der Waals surface area contributed by atoms with E-state index in [0.717, 1.165) is 6.92 Å². The predicted molar refractivity (Wildman–Crippen MR) is 49.0 cm³/mol. The zero-order chi connectivity index (χ0) is 12.5. The summed E-state index contributed by atoms with van der Waals surface area (Å²) in [7, 11) is -5.30. The van der Waals surface area contributed by atoms with E-state index in [1.54, 1.807) is 5.32 Å². The smallest absolute Gasteiger partial charge is 0.321 e. The van der Waals surface area contributed by atoms with Gasteiger partial charge in [-0.05, 0) is 12.1 Å². The van der Waals surface area contributed by atoms with E-state index in [2.05, 4.69) is 0 Å². The van der Waals surface area contributed by atoms with Crippen LogP contribution < -0.4 is 5.32 Å². The fraction of sp³-hybridized carbons (Fsp3) is 0.125. The van der Waals surface area contributed by atoms with E-state index in [0.29, 0.717) is 12.1 Å². The van der Waals surface area contributed by atoms with Crippen LogP contribution in [0.15, 0.2) is 17.0 Å². The third kappa shape index (κ3) is 2.51. The minimum absolute atomic E-state index is 0.436. The van der Waals surface area contributed by atoms with E-state index in [4.69, 9.17) is 0 Å². The number of carbonyl (C=O) groups is 1. The first kappa shape index (κ1) is 12.5. The van der Waals surface area contributed by atoms with Crippen LogP contribution in [0, 0.1) is 11.6 Å². The van der Waals surface area contributed by atoms with Gasteiger partial charge in [0.05, 0.1) is 0 Å². The molecule has 0 aliphatic carbocycles. The number of rotatable bonds is 2. The Morgan fingerprint density at radius 1 is 1.31 bits per heavy atom. The summed E-state index contributed by atoms with van der Waals surface area (Å²) < 4.78 is 59.8. The molecule has 1 rings (SSSR count). The van der Waals surface area contributed by atoms with Crippen molar-refractivity contribution in [1.29, 1.82) is 0 Å². The van der Waals surface area contributed by atoms with Crippen LogP contribution in [0.25, 0.3) is 0 Å². The van der Waals surface area contributed by atoms with Crippen molar-refractivity contribution in [2.45, 2.75) is 11.8 Å². The molecular weight excluding hydrogens is 247 g/mol. The van der Waals surface area contributed by atoms with Crippen LogP contribution >= 0.6 is 0 Å². The van der Waals surface area contributed by atoms with Gasteiger partial charge in [-0.1, -0.05) is 0 Å².